The van der Waals surface area contributed by atoms with Crippen LogP contribution >= 0.6 is 0 Å². The van der Waals surface area contributed by atoms with Crippen molar-refractivity contribution in [1.29, 1.82) is 10.5 Å². The second kappa shape index (κ2) is 5.63. The van der Waals surface area contributed by atoms with Gasteiger partial charge in [-0.15, -0.1) is 0 Å². The fourth-order valence-corrected chi connectivity index (χ4v) is 2.73. The van der Waals surface area contributed by atoms with Gasteiger partial charge in [-0.25, -0.2) is 13.1 Å². The normalized spacial score (nSPS) is 12.4. The van der Waals surface area contributed by atoms with E-state index in [4.69, 9.17) is 10.5 Å². The number of hydrogen-bond donors (Lipinski definition) is 1. The van der Waals surface area contributed by atoms with Gasteiger partial charge in [0, 0.05) is 6.54 Å². The van der Waals surface area contributed by atoms with E-state index >= 15 is 0 Å². The average Bonchev–Trinajstić information content (AvgIpc) is 2.35. The Morgan fingerprint density at radius 3 is 2.56 bits per heavy atom. The van der Waals surface area contributed by atoms with E-state index in [1.54, 1.807) is 13.8 Å². The fourth-order valence-electron chi connectivity index (χ4n) is 1.38. The zero-order valence-corrected chi connectivity index (χ0v) is 11.0. The van der Waals surface area contributed by atoms with E-state index in [2.05, 4.69) is 4.72 Å². The molecule has 0 saturated carbocycles. The van der Waals surface area contributed by atoms with Gasteiger partial charge >= 0.3 is 0 Å². The first kappa shape index (κ1) is 14.2. The molecule has 5 nitrogen and oxygen atoms in total. The minimum absolute atomic E-state index is 0.0677. The Morgan fingerprint density at radius 2 is 2.06 bits per heavy atom. The molecule has 0 aromatic heterocycles. The lowest BCUT2D eigenvalue weighted by Crippen LogP contribution is -2.28. The summed E-state index contributed by atoms with van der Waals surface area (Å²) in [5.74, 6) is -0.390. The first-order chi connectivity index (χ1) is 8.40. The zero-order valence-electron chi connectivity index (χ0n) is 10.1. The number of aryl methyl sites for hydroxylation is 1. The van der Waals surface area contributed by atoms with Crippen molar-refractivity contribution in [3.63, 3.8) is 0 Å². The largest absolute Gasteiger partial charge is 0.240 e. The molecule has 0 spiro atoms. The Labute approximate surface area is 107 Å². The van der Waals surface area contributed by atoms with Gasteiger partial charge < -0.3 is 0 Å². The van der Waals surface area contributed by atoms with Crippen LogP contribution in [0.5, 0.6) is 0 Å². The van der Waals surface area contributed by atoms with Gasteiger partial charge in [0.25, 0.3) is 0 Å². The van der Waals surface area contributed by atoms with Gasteiger partial charge in [-0.2, -0.15) is 10.5 Å². The molecule has 0 saturated heterocycles. The monoisotopic (exact) mass is 263 g/mol. The number of nitrogens with zero attached hydrogens (tertiary/aromatic N) is 2. The van der Waals surface area contributed by atoms with Crippen LogP contribution in [0.25, 0.3) is 0 Å². The summed E-state index contributed by atoms with van der Waals surface area (Å²) in [5, 5.41) is 17.3. The molecule has 0 amide bonds. The topological polar surface area (TPSA) is 93.8 Å². The molecule has 0 aliphatic heterocycles. The van der Waals surface area contributed by atoms with Gasteiger partial charge in [0.15, 0.2) is 0 Å². The molecule has 0 aliphatic rings. The molecular weight excluding hydrogens is 250 g/mol. The van der Waals surface area contributed by atoms with Crippen LogP contribution in [0.3, 0.4) is 0 Å². The molecule has 1 rings (SSSR count). The highest BCUT2D eigenvalue weighted by Gasteiger charge is 2.17. The average molecular weight is 263 g/mol. The van der Waals surface area contributed by atoms with Crippen LogP contribution in [0.2, 0.25) is 0 Å². The first-order valence-electron chi connectivity index (χ1n) is 5.30. The number of nitrogens with one attached hydrogen (secondary N) is 1. The van der Waals surface area contributed by atoms with E-state index in [9.17, 15) is 8.42 Å². The minimum atomic E-state index is -3.63. The van der Waals surface area contributed by atoms with E-state index < -0.39 is 15.9 Å². The van der Waals surface area contributed by atoms with Crippen molar-refractivity contribution >= 4 is 10.0 Å². The molecule has 1 aromatic rings. The Hall–Kier alpha value is -1.89. The molecule has 0 aliphatic carbocycles. The molecule has 0 fully saturated rings. The summed E-state index contributed by atoms with van der Waals surface area (Å²) in [6.07, 6.45) is 0. The van der Waals surface area contributed by atoms with Gasteiger partial charge in [-0.3, -0.25) is 0 Å². The maximum absolute atomic E-state index is 12.0. The molecule has 18 heavy (non-hydrogen) atoms. The van der Waals surface area contributed by atoms with Crippen LogP contribution in [0.15, 0.2) is 23.1 Å². The maximum atomic E-state index is 12.0. The van der Waals surface area contributed by atoms with E-state index in [-0.39, 0.29) is 11.4 Å². The molecule has 6 heteroatoms. The van der Waals surface area contributed by atoms with Gasteiger partial charge in [0.2, 0.25) is 10.0 Å². The van der Waals surface area contributed by atoms with Crippen molar-refractivity contribution in [2.24, 2.45) is 5.92 Å². The quantitative estimate of drug-likeness (QED) is 0.886. The van der Waals surface area contributed by atoms with Crippen molar-refractivity contribution in [2.45, 2.75) is 18.7 Å². The first-order valence-corrected chi connectivity index (χ1v) is 6.79. The maximum Gasteiger partial charge on any atom is 0.240 e. The second-order valence-corrected chi connectivity index (χ2v) is 5.71. The van der Waals surface area contributed by atoms with Crippen molar-refractivity contribution < 1.29 is 8.42 Å². The zero-order chi connectivity index (χ0) is 13.8. The van der Waals surface area contributed by atoms with Crippen molar-refractivity contribution in [2.75, 3.05) is 6.54 Å². The standard InChI is InChI=1S/C12H13N3O2S/c1-9(6-13)8-15-18(16,17)12-4-3-11(7-14)5-10(12)2/h3-5,9,15H,8H2,1-2H3. The number of rotatable bonds is 4. The van der Waals surface area contributed by atoms with Gasteiger partial charge in [0.05, 0.1) is 28.5 Å². The highest BCUT2D eigenvalue weighted by atomic mass is 32.2. The molecule has 1 atom stereocenters. The summed E-state index contributed by atoms with van der Waals surface area (Å²) in [6, 6.07) is 8.27. The van der Waals surface area contributed by atoms with E-state index in [1.165, 1.54) is 18.2 Å². The fraction of sp³-hybridized carbons (Fsp3) is 0.333. The van der Waals surface area contributed by atoms with Crippen LogP contribution in [-0.4, -0.2) is 15.0 Å². The van der Waals surface area contributed by atoms with Gasteiger partial charge in [-0.05, 0) is 37.6 Å². The predicted octanol–water partition coefficient (Wildman–Crippen LogP) is 1.30. The molecular formula is C12H13N3O2S. The SMILES string of the molecule is Cc1cc(C#N)ccc1S(=O)(=O)NCC(C)C#N. The van der Waals surface area contributed by atoms with Crippen molar-refractivity contribution in [3.8, 4) is 12.1 Å². The Morgan fingerprint density at radius 1 is 1.39 bits per heavy atom. The Bertz CT molecular complexity index is 624. The molecule has 1 unspecified atom stereocenters. The highest BCUT2D eigenvalue weighted by Crippen LogP contribution is 2.16. The summed E-state index contributed by atoms with van der Waals surface area (Å²) in [6.45, 7) is 3.33. The summed E-state index contributed by atoms with van der Waals surface area (Å²) in [5.41, 5.74) is 0.919. The van der Waals surface area contributed by atoms with Gasteiger partial charge in [-0.1, -0.05) is 0 Å². The predicted molar refractivity (Wildman–Crippen MR) is 65.9 cm³/mol. The third-order valence-electron chi connectivity index (χ3n) is 2.39. The van der Waals surface area contributed by atoms with Crippen LogP contribution in [0.4, 0.5) is 0 Å². The molecule has 0 heterocycles. The second-order valence-electron chi connectivity index (χ2n) is 3.97. The molecule has 1 N–H and O–H groups in total. The number of sulfonamides is 1. The molecule has 0 bridgehead atoms. The van der Waals surface area contributed by atoms with Crippen LogP contribution in [0, 0.1) is 35.5 Å². The van der Waals surface area contributed by atoms with Crippen LogP contribution < -0.4 is 4.72 Å². The van der Waals surface area contributed by atoms with Gasteiger partial charge in [0.1, 0.15) is 0 Å². The lowest BCUT2D eigenvalue weighted by atomic mass is 10.2. The van der Waals surface area contributed by atoms with E-state index in [0.29, 0.717) is 11.1 Å². The summed E-state index contributed by atoms with van der Waals surface area (Å²) in [4.78, 5) is 0.131. The minimum Gasteiger partial charge on any atom is -0.210 e. The number of hydrogen-bond acceptors (Lipinski definition) is 4. The smallest absolute Gasteiger partial charge is 0.210 e. The summed E-state index contributed by atoms with van der Waals surface area (Å²) in [7, 11) is -3.63. The highest BCUT2D eigenvalue weighted by molar-refractivity contribution is 7.89. The van der Waals surface area contributed by atoms with Crippen LogP contribution in [0.1, 0.15) is 18.1 Å². The van der Waals surface area contributed by atoms with Crippen molar-refractivity contribution in [1.82, 2.24) is 4.72 Å². The summed E-state index contributed by atoms with van der Waals surface area (Å²) >= 11 is 0. The van der Waals surface area contributed by atoms with E-state index in [1.807, 2.05) is 12.1 Å². The number of benzene rings is 1. The lowest BCUT2D eigenvalue weighted by molar-refractivity contribution is 0.572. The third-order valence-corrected chi connectivity index (χ3v) is 3.98. The van der Waals surface area contributed by atoms with Crippen molar-refractivity contribution in [3.05, 3.63) is 29.3 Å². The molecule has 94 valence electrons. The van der Waals surface area contributed by atoms with E-state index in [0.717, 1.165) is 0 Å². The molecule has 0 radical (unpaired) electrons. The molecule has 1 aromatic carbocycles. The Kier molecular flexibility index (Phi) is 4.43. The number of nitriles is 2. The summed E-state index contributed by atoms with van der Waals surface area (Å²) < 4.78 is 26.3. The lowest BCUT2D eigenvalue weighted by Gasteiger charge is -2.10. The van der Waals surface area contributed by atoms with Crippen LogP contribution in [-0.2, 0) is 10.0 Å². The Balaban J connectivity index is 3.00. The third kappa shape index (κ3) is 3.30.